The lowest BCUT2D eigenvalue weighted by molar-refractivity contribution is -0.136. The molecule has 5 heteroatoms. The molecule has 1 aliphatic heterocycles. The smallest absolute Gasteiger partial charge is 0.256 e. The Morgan fingerprint density at radius 2 is 1.79 bits per heavy atom. The maximum atomic E-state index is 12.6. The van der Waals surface area contributed by atoms with Crippen LogP contribution >= 0.6 is 0 Å². The number of rotatable bonds is 11. The van der Waals surface area contributed by atoms with Gasteiger partial charge in [0.2, 0.25) is 0 Å². The van der Waals surface area contributed by atoms with Gasteiger partial charge in [-0.2, -0.15) is 0 Å². The van der Waals surface area contributed by atoms with Gasteiger partial charge in [-0.15, -0.1) is 0 Å². The SMILES string of the molecule is CCCCC[C@](C)(OC)C(=O)Nc1ccc(OCCN2CCCCCC2)cc1. The summed E-state index contributed by atoms with van der Waals surface area (Å²) < 4.78 is 11.4. The van der Waals surface area contributed by atoms with E-state index in [4.69, 9.17) is 9.47 Å². The number of hydrogen-bond acceptors (Lipinski definition) is 4. The van der Waals surface area contributed by atoms with E-state index in [1.807, 2.05) is 31.2 Å². The third-order valence-electron chi connectivity index (χ3n) is 5.68. The van der Waals surface area contributed by atoms with Gasteiger partial charge in [0.05, 0.1) is 0 Å². The Kier molecular flexibility index (Phi) is 9.79. The quantitative estimate of drug-likeness (QED) is 0.548. The van der Waals surface area contributed by atoms with Crippen LogP contribution in [0.3, 0.4) is 0 Å². The second-order valence-corrected chi connectivity index (χ2v) is 7.97. The molecule has 1 aliphatic rings. The molecule has 2 rings (SSSR count). The number of likely N-dealkylation sites (tertiary alicyclic amines) is 1. The summed E-state index contributed by atoms with van der Waals surface area (Å²) in [6.07, 6.45) is 9.24. The first-order valence-electron chi connectivity index (χ1n) is 10.9. The van der Waals surface area contributed by atoms with Crippen molar-refractivity contribution in [3.05, 3.63) is 24.3 Å². The fourth-order valence-corrected chi connectivity index (χ4v) is 3.57. The summed E-state index contributed by atoms with van der Waals surface area (Å²) in [6, 6.07) is 7.61. The lowest BCUT2D eigenvalue weighted by atomic mass is 9.97. The molecule has 5 nitrogen and oxygen atoms in total. The standard InChI is InChI=1S/C23H38N2O3/c1-4-5-8-15-23(2,27-3)22(26)24-20-11-13-21(14-12-20)28-19-18-25-16-9-6-7-10-17-25/h11-14H,4-10,15-19H2,1-3H3,(H,24,26)/t23-/m0/s1. The molecule has 1 heterocycles. The maximum absolute atomic E-state index is 12.6. The Balaban J connectivity index is 1.78. The first-order chi connectivity index (χ1) is 13.6. The van der Waals surface area contributed by atoms with Crippen molar-refractivity contribution in [2.45, 2.75) is 70.8 Å². The number of anilines is 1. The van der Waals surface area contributed by atoms with Gasteiger partial charge in [0.25, 0.3) is 5.91 Å². The van der Waals surface area contributed by atoms with Crippen LogP contribution in [0, 0.1) is 0 Å². The van der Waals surface area contributed by atoms with Crippen molar-refractivity contribution in [2.24, 2.45) is 0 Å². The molecular weight excluding hydrogens is 352 g/mol. The summed E-state index contributed by atoms with van der Waals surface area (Å²) in [6.45, 7) is 8.06. The van der Waals surface area contributed by atoms with Crippen LogP contribution in [0.2, 0.25) is 0 Å². The van der Waals surface area contributed by atoms with E-state index < -0.39 is 5.60 Å². The predicted molar refractivity (Wildman–Crippen MR) is 115 cm³/mol. The van der Waals surface area contributed by atoms with Crippen LogP contribution in [-0.2, 0) is 9.53 Å². The summed E-state index contributed by atoms with van der Waals surface area (Å²) in [5.41, 5.74) is -0.0269. The van der Waals surface area contributed by atoms with Gasteiger partial charge in [-0.25, -0.2) is 0 Å². The van der Waals surface area contributed by atoms with E-state index in [1.165, 1.54) is 38.8 Å². The monoisotopic (exact) mass is 390 g/mol. The Bertz CT molecular complexity index is 568. The zero-order valence-corrected chi connectivity index (χ0v) is 18.0. The van der Waals surface area contributed by atoms with E-state index in [0.717, 1.165) is 43.7 Å². The summed E-state index contributed by atoms with van der Waals surface area (Å²) in [4.78, 5) is 15.1. The zero-order valence-electron chi connectivity index (χ0n) is 18.0. The van der Waals surface area contributed by atoms with Crippen LogP contribution in [0.25, 0.3) is 0 Å². The molecule has 28 heavy (non-hydrogen) atoms. The van der Waals surface area contributed by atoms with Crippen molar-refractivity contribution in [1.82, 2.24) is 4.90 Å². The van der Waals surface area contributed by atoms with Crippen molar-refractivity contribution < 1.29 is 14.3 Å². The summed E-state index contributed by atoms with van der Waals surface area (Å²) in [5.74, 6) is 0.742. The van der Waals surface area contributed by atoms with Gasteiger partial charge in [-0.3, -0.25) is 9.69 Å². The summed E-state index contributed by atoms with van der Waals surface area (Å²) >= 11 is 0. The molecule has 0 spiro atoms. The lowest BCUT2D eigenvalue weighted by Crippen LogP contribution is -2.41. The highest BCUT2D eigenvalue weighted by Gasteiger charge is 2.32. The summed E-state index contributed by atoms with van der Waals surface area (Å²) in [7, 11) is 1.60. The average Bonchev–Trinajstić information content (AvgIpc) is 2.98. The average molecular weight is 391 g/mol. The van der Waals surface area contributed by atoms with Crippen LogP contribution in [-0.4, -0.2) is 49.8 Å². The molecule has 1 saturated heterocycles. The number of carbonyl (C=O) groups is 1. The minimum absolute atomic E-state index is 0.0964. The largest absolute Gasteiger partial charge is 0.492 e. The van der Waals surface area contributed by atoms with Crippen molar-refractivity contribution in [3.8, 4) is 5.75 Å². The third-order valence-corrected chi connectivity index (χ3v) is 5.68. The van der Waals surface area contributed by atoms with Crippen LogP contribution in [0.5, 0.6) is 5.75 Å². The number of methoxy groups -OCH3 is 1. The first kappa shape index (κ1) is 22.7. The van der Waals surface area contributed by atoms with E-state index in [0.29, 0.717) is 6.61 Å². The topological polar surface area (TPSA) is 50.8 Å². The van der Waals surface area contributed by atoms with Gasteiger partial charge in [0, 0.05) is 19.3 Å². The molecule has 1 amide bonds. The first-order valence-corrected chi connectivity index (χ1v) is 10.9. The number of unbranched alkanes of at least 4 members (excludes halogenated alkanes) is 2. The van der Waals surface area contributed by atoms with Crippen LogP contribution < -0.4 is 10.1 Å². The molecule has 1 fully saturated rings. The second kappa shape index (κ2) is 12.1. The Hall–Kier alpha value is -1.59. The van der Waals surface area contributed by atoms with Gasteiger partial charge in [-0.1, -0.05) is 39.0 Å². The second-order valence-electron chi connectivity index (χ2n) is 7.97. The third kappa shape index (κ3) is 7.44. The number of ether oxygens (including phenoxy) is 2. The maximum Gasteiger partial charge on any atom is 0.256 e. The number of nitrogens with zero attached hydrogens (tertiary/aromatic N) is 1. The highest BCUT2D eigenvalue weighted by atomic mass is 16.5. The molecule has 0 aliphatic carbocycles. The lowest BCUT2D eigenvalue weighted by Gasteiger charge is -2.27. The fourth-order valence-electron chi connectivity index (χ4n) is 3.57. The van der Waals surface area contributed by atoms with E-state index in [1.54, 1.807) is 7.11 Å². The molecule has 0 aromatic heterocycles. The highest BCUT2D eigenvalue weighted by molar-refractivity contribution is 5.97. The minimum atomic E-state index is -0.794. The molecule has 0 bridgehead atoms. The number of carbonyl (C=O) groups excluding carboxylic acids is 1. The van der Waals surface area contributed by atoms with Crippen molar-refractivity contribution in [3.63, 3.8) is 0 Å². The van der Waals surface area contributed by atoms with Crippen molar-refractivity contribution >= 4 is 11.6 Å². The predicted octanol–water partition coefficient (Wildman–Crippen LogP) is 4.87. The van der Waals surface area contributed by atoms with Gasteiger partial charge < -0.3 is 14.8 Å². The molecule has 0 saturated carbocycles. The molecule has 1 N–H and O–H groups in total. The molecule has 0 radical (unpaired) electrons. The van der Waals surface area contributed by atoms with Crippen molar-refractivity contribution in [2.75, 3.05) is 38.7 Å². The van der Waals surface area contributed by atoms with Crippen LogP contribution in [0.4, 0.5) is 5.69 Å². The Morgan fingerprint density at radius 1 is 1.11 bits per heavy atom. The van der Waals surface area contributed by atoms with Gasteiger partial charge in [0.1, 0.15) is 18.0 Å². The number of hydrogen-bond donors (Lipinski definition) is 1. The van der Waals surface area contributed by atoms with E-state index in [9.17, 15) is 4.79 Å². The Labute approximate surface area is 170 Å². The summed E-state index contributed by atoms with van der Waals surface area (Å²) in [5, 5.41) is 2.97. The molecule has 1 aromatic rings. The minimum Gasteiger partial charge on any atom is -0.492 e. The Morgan fingerprint density at radius 3 is 2.39 bits per heavy atom. The van der Waals surface area contributed by atoms with Gasteiger partial charge >= 0.3 is 0 Å². The molecule has 1 aromatic carbocycles. The van der Waals surface area contributed by atoms with E-state index in [2.05, 4.69) is 17.1 Å². The van der Waals surface area contributed by atoms with Gasteiger partial charge in [-0.05, 0) is 63.5 Å². The number of amides is 1. The molecule has 158 valence electrons. The zero-order chi connectivity index (χ0) is 20.2. The van der Waals surface area contributed by atoms with Gasteiger partial charge in [0.15, 0.2) is 0 Å². The van der Waals surface area contributed by atoms with Crippen molar-refractivity contribution in [1.29, 1.82) is 0 Å². The fraction of sp³-hybridized carbons (Fsp3) is 0.696. The van der Waals surface area contributed by atoms with Crippen LogP contribution in [0.1, 0.15) is 65.2 Å². The molecule has 0 unspecified atom stereocenters. The van der Waals surface area contributed by atoms with E-state index in [-0.39, 0.29) is 5.91 Å². The van der Waals surface area contributed by atoms with Crippen LogP contribution in [0.15, 0.2) is 24.3 Å². The molecule has 1 atom stereocenters. The molecular formula is C23H38N2O3. The highest BCUT2D eigenvalue weighted by Crippen LogP contribution is 2.22. The normalized spacial score (nSPS) is 17.5. The number of benzene rings is 1. The number of nitrogens with one attached hydrogen (secondary N) is 1. The van der Waals surface area contributed by atoms with E-state index >= 15 is 0 Å².